The fourth-order valence-electron chi connectivity index (χ4n) is 2.92. The Morgan fingerprint density at radius 1 is 0.935 bits per heavy atom. The number of hydrogen-bond donors (Lipinski definition) is 1. The lowest BCUT2D eigenvalue weighted by atomic mass is 10.1. The summed E-state index contributed by atoms with van der Waals surface area (Å²) in [4.78, 5) is 28.6. The zero-order valence-electron chi connectivity index (χ0n) is 17.2. The maximum Gasteiger partial charge on any atom is 0.338 e. The summed E-state index contributed by atoms with van der Waals surface area (Å²) in [7, 11) is 4.55. The largest absolute Gasteiger partial charge is 0.496 e. The lowest BCUT2D eigenvalue weighted by Crippen LogP contribution is -2.28. The van der Waals surface area contributed by atoms with E-state index >= 15 is 0 Å². The number of methoxy groups -OCH3 is 3. The first-order valence-corrected chi connectivity index (χ1v) is 9.62. The van der Waals surface area contributed by atoms with Gasteiger partial charge in [0, 0.05) is 23.6 Å². The summed E-state index contributed by atoms with van der Waals surface area (Å²) in [5.74, 6) is 0.470. The van der Waals surface area contributed by atoms with Crippen LogP contribution in [0.3, 0.4) is 0 Å². The Hall–Kier alpha value is -3.52. The second kappa shape index (κ2) is 9.99. The summed E-state index contributed by atoms with van der Waals surface area (Å²) >= 11 is 5.86. The number of esters is 1. The molecule has 2 aromatic carbocycles. The standard InChI is InChI=1S/C22H21ClN2O6/c1-28-17-10-19(30-3)18(29-2)9-15(17)11-24-21(26)12-31-22(27)14-4-6-16-13(8-14)5-7-20(23)25-16/h4-10H,11-12H2,1-3H3,(H,24,26). The number of amides is 1. The molecule has 0 saturated heterocycles. The molecule has 0 fully saturated rings. The van der Waals surface area contributed by atoms with E-state index < -0.39 is 18.5 Å². The molecule has 9 heteroatoms. The number of rotatable bonds is 8. The van der Waals surface area contributed by atoms with Crippen molar-refractivity contribution in [2.75, 3.05) is 27.9 Å². The fourth-order valence-corrected chi connectivity index (χ4v) is 3.07. The summed E-state index contributed by atoms with van der Waals surface area (Å²) < 4.78 is 21.0. The molecule has 1 amide bonds. The van der Waals surface area contributed by atoms with Gasteiger partial charge in [0.2, 0.25) is 0 Å². The van der Waals surface area contributed by atoms with E-state index in [9.17, 15) is 9.59 Å². The van der Waals surface area contributed by atoms with Crippen molar-refractivity contribution in [3.8, 4) is 17.2 Å². The van der Waals surface area contributed by atoms with Crippen LogP contribution in [-0.4, -0.2) is 44.8 Å². The highest BCUT2D eigenvalue weighted by Crippen LogP contribution is 2.34. The minimum absolute atomic E-state index is 0.155. The molecule has 0 aliphatic carbocycles. The topological polar surface area (TPSA) is 96.0 Å². The van der Waals surface area contributed by atoms with Crippen LogP contribution in [-0.2, 0) is 16.1 Å². The van der Waals surface area contributed by atoms with Gasteiger partial charge in [-0.1, -0.05) is 11.6 Å². The van der Waals surface area contributed by atoms with Crippen LogP contribution in [0.15, 0.2) is 42.5 Å². The third kappa shape index (κ3) is 5.35. The predicted octanol–water partition coefficient (Wildman–Crippen LogP) is 3.39. The van der Waals surface area contributed by atoms with Crippen molar-refractivity contribution >= 4 is 34.4 Å². The first-order valence-electron chi connectivity index (χ1n) is 9.24. The molecular formula is C22H21ClN2O6. The van der Waals surface area contributed by atoms with Gasteiger partial charge in [0.25, 0.3) is 5.91 Å². The molecule has 1 aromatic heterocycles. The second-order valence-electron chi connectivity index (χ2n) is 6.41. The Morgan fingerprint density at radius 3 is 2.35 bits per heavy atom. The third-order valence-corrected chi connectivity index (χ3v) is 4.70. The van der Waals surface area contributed by atoms with E-state index in [2.05, 4.69) is 10.3 Å². The van der Waals surface area contributed by atoms with Crippen LogP contribution in [0.1, 0.15) is 15.9 Å². The van der Waals surface area contributed by atoms with Crippen molar-refractivity contribution in [2.45, 2.75) is 6.54 Å². The maximum absolute atomic E-state index is 12.3. The van der Waals surface area contributed by atoms with E-state index in [0.717, 1.165) is 5.39 Å². The van der Waals surface area contributed by atoms with Crippen LogP contribution in [0.25, 0.3) is 10.9 Å². The monoisotopic (exact) mass is 444 g/mol. The number of benzene rings is 2. The van der Waals surface area contributed by atoms with Crippen LogP contribution in [0.2, 0.25) is 5.15 Å². The lowest BCUT2D eigenvalue weighted by Gasteiger charge is -2.14. The molecule has 0 bridgehead atoms. The highest BCUT2D eigenvalue weighted by molar-refractivity contribution is 6.29. The number of carbonyl (C=O) groups excluding carboxylic acids is 2. The number of nitrogens with zero attached hydrogens (tertiary/aromatic N) is 1. The van der Waals surface area contributed by atoms with Gasteiger partial charge in [0.05, 0.1) is 32.4 Å². The Kier molecular flexibility index (Phi) is 7.15. The van der Waals surface area contributed by atoms with Gasteiger partial charge in [0.15, 0.2) is 18.1 Å². The Bertz CT molecular complexity index is 1120. The van der Waals surface area contributed by atoms with Gasteiger partial charge in [0.1, 0.15) is 10.9 Å². The van der Waals surface area contributed by atoms with Crippen LogP contribution >= 0.6 is 11.6 Å². The molecule has 0 aliphatic heterocycles. The lowest BCUT2D eigenvalue weighted by molar-refractivity contribution is -0.124. The third-order valence-electron chi connectivity index (χ3n) is 4.49. The predicted molar refractivity (Wildman–Crippen MR) is 115 cm³/mol. The molecule has 0 radical (unpaired) electrons. The fraction of sp³-hybridized carbons (Fsp3) is 0.227. The molecule has 0 atom stereocenters. The minimum Gasteiger partial charge on any atom is -0.496 e. The number of ether oxygens (including phenoxy) is 4. The summed E-state index contributed by atoms with van der Waals surface area (Å²) in [6, 6.07) is 11.6. The van der Waals surface area contributed by atoms with Crippen molar-refractivity contribution in [3.05, 3.63) is 58.7 Å². The maximum atomic E-state index is 12.3. The molecular weight excluding hydrogens is 424 g/mol. The van der Waals surface area contributed by atoms with Crippen LogP contribution < -0.4 is 19.5 Å². The summed E-state index contributed by atoms with van der Waals surface area (Å²) in [5.41, 5.74) is 1.65. The number of nitrogens with one attached hydrogen (secondary N) is 1. The number of aromatic nitrogens is 1. The van der Waals surface area contributed by atoms with Gasteiger partial charge in [-0.05, 0) is 36.4 Å². The Labute approximate surface area is 184 Å². The molecule has 162 valence electrons. The van der Waals surface area contributed by atoms with Crippen LogP contribution in [0, 0.1) is 0 Å². The molecule has 3 aromatic rings. The highest BCUT2D eigenvalue weighted by Gasteiger charge is 2.14. The van der Waals surface area contributed by atoms with Gasteiger partial charge < -0.3 is 24.3 Å². The summed E-state index contributed by atoms with van der Waals surface area (Å²) in [5, 5.41) is 3.79. The van der Waals surface area contributed by atoms with Gasteiger partial charge in [-0.2, -0.15) is 0 Å². The smallest absolute Gasteiger partial charge is 0.338 e. The van der Waals surface area contributed by atoms with Crippen molar-refractivity contribution < 1.29 is 28.5 Å². The molecule has 0 saturated carbocycles. The van der Waals surface area contributed by atoms with Crippen molar-refractivity contribution in [2.24, 2.45) is 0 Å². The summed E-state index contributed by atoms with van der Waals surface area (Å²) in [6.45, 7) is -0.270. The van der Waals surface area contributed by atoms with Crippen LogP contribution in [0.5, 0.6) is 17.2 Å². The number of fused-ring (bicyclic) bond motifs is 1. The molecule has 1 heterocycles. The number of hydrogen-bond acceptors (Lipinski definition) is 7. The SMILES string of the molecule is COc1cc(OC)c(OC)cc1CNC(=O)COC(=O)c1ccc2nc(Cl)ccc2c1. The molecule has 8 nitrogen and oxygen atoms in total. The molecule has 0 spiro atoms. The normalized spacial score (nSPS) is 10.5. The van der Waals surface area contributed by atoms with E-state index in [1.165, 1.54) is 21.3 Å². The van der Waals surface area contributed by atoms with E-state index in [0.29, 0.717) is 39.0 Å². The van der Waals surface area contributed by atoms with E-state index in [1.807, 2.05) is 0 Å². The van der Waals surface area contributed by atoms with Crippen LogP contribution in [0.4, 0.5) is 0 Å². The van der Waals surface area contributed by atoms with Gasteiger partial charge >= 0.3 is 5.97 Å². The molecule has 0 unspecified atom stereocenters. The summed E-state index contributed by atoms with van der Waals surface area (Å²) in [6.07, 6.45) is 0. The van der Waals surface area contributed by atoms with Gasteiger partial charge in [-0.25, -0.2) is 9.78 Å². The zero-order valence-corrected chi connectivity index (χ0v) is 18.0. The number of pyridine rings is 1. The Balaban J connectivity index is 1.59. The highest BCUT2D eigenvalue weighted by atomic mass is 35.5. The number of halogens is 1. The van der Waals surface area contributed by atoms with E-state index in [1.54, 1.807) is 42.5 Å². The first kappa shape index (κ1) is 22.2. The van der Waals surface area contributed by atoms with Gasteiger partial charge in [-0.3, -0.25) is 4.79 Å². The van der Waals surface area contributed by atoms with Gasteiger partial charge in [-0.15, -0.1) is 0 Å². The zero-order chi connectivity index (χ0) is 22.4. The molecule has 0 aliphatic rings. The quantitative estimate of drug-likeness (QED) is 0.420. The average molecular weight is 445 g/mol. The van der Waals surface area contributed by atoms with Crippen molar-refractivity contribution in [1.29, 1.82) is 0 Å². The molecule has 31 heavy (non-hydrogen) atoms. The van der Waals surface area contributed by atoms with Crippen molar-refractivity contribution in [3.63, 3.8) is 0 Å². The molecule has 1 N–H and O–H groups in total. The first-order chi connectivity index (χ1) is 14.9. The van der Waals surface area contributed by atoms with E-state index in [4.69, 9.17) is 30.5 Å². The Morgan fingerprint density at radius 2 is 1.65 bits per heavy atom. The second-order valence-corrected chi connectivity index (χ2v) is 6.80. The number of carbonyl (C=O) groups is 2. The average Bonchev–Trinajstić information content (AvgIpc) is 2.79. The minimum atomic E-state index is -0.615. The van der Waals surface area contributed by atoms with E-state index in [-0.39, 0.29) is 6.54 Å². The van der Waals surface area contributed by atoms with Crippen molar-refractivity contribution in [1.82, 2.24) is 10.3 Å². The molecule has 3 rings (SSSR count).